The minimum Gasteiger partial charge on any atom is -0.497 e. The summed E-state index contributed by atoms with van der Waals surface area (Å²) in [6.45, 7) is 0.422. The fraction of sp³-hybridized carbons (Fsp3) is 0.167. The van der Waals surface area contributed by atoms with Gasteiger partial charge in [0.25, 0.3) is 0 Å². The molecular formula is C12H13N3O. The Morgan fingerprint density at radius 2 is 1.94 bits per heavy atom. The molecule has 0 amide bonds. The molecule has 0 bridgehead atoms. The molecule has 0 saturated carbocycles. The summed E-state index contributed by atoms with van der Waals surface area (Å²) in [7, 11) is 1.65. The van der Waals surface area contributed by atoms with Gasteiger partial charge in [-0.1, -0.05) is 0 Å². The predicted molar refractivity (Wildman–Crippen MR) is 61.9 cm³/mol. The molecule has 1 aromatic carbocycles. The summed E-state index contributed by atoms with van der Waals surface area (Å²) in [4.78, 5) is 8.26. The Morgan fingerprint density at radius 1 is 1.19 bits per heavy atom. The third kappa shape index (κ3) is 2.17. The van der Waals surface area contributed by atoms with Crippen molar-refractivity contribution < 1.29 is 4.74 Å². The fourth-order valence-corrected chi connectivity index (χ4v) is 1.43. The minimum absolute atomic E-state index is 0.422. The van der Waals surface area contributed by atoms with Crippen LogP contribution in [0.1, 0.15) is 5.69 Å². The minimum atomic E-state index is 0.422. The molecular weight excluding hydrogens is 202 g/mol. The van der Waals surface area contributed by atoms with Crippen LogP contribution in [0.25, 0.3) is 11.3 Å². The van der Waals surface area contributed by atoms with E-state index in [2.05, 4.69) is 9.97 Å². The van der Waals surface area contributed by atoms with Crippen molar-refractivity contribution >= 4 is 0 Å². The molecule has 16 heavy (non-hydrogen) atoms. The largest absolute Gasteiger partial charge is 0.497 e. The van der Waals surface area contributed by atoms with Crippen LogP contribution < -0.4 is 10.5 Å². The third-order valence-corrected chi connectivity index (χ3v) is 2.32. The van der Waals surface area contributed by atoms with Gasteiger partial charge in [-0.15, -0.1) is 0 Å². The topological polar surface area (TPSA) is 61.0 Å². The van der Waals surface area contributed by atoms with Crippen LogP contribution in [0.5, 0.6) is 5.75 Å². The summed E-state index contributed by atoms with van der Waals surface area (Å²) in [6.07, 6.45) is 1.53. The van der Waals surface area contributed by atoms with Crippen molar-refractivity contribution in [1.29, 1.82) is 0 Å². The molecule has 0 aliphatic carbocycles. The number of nitrogens with zero attached hydrogens (tertiary/aromatic N) is 2. The van der Waals surface area contributed by atoms with Crippen molar-refractivity contribution in [2.45, 2.75) is 6.54 Å². The van der Waals surface area contributed by atoms with Crippen molar-refractivity contribution in [3.05, 3.63) is 42.4 Å². The molecule has 0 atom stereocenters. The van der Waals surface area contributed by atoms with E-state index in [1.165, 1.54) is 6.33 Å². The average molecular weight is 215 g/mol. The molecule has 4 nitrogen and oxygen atoms in total. The number of ether oxygens (including phenoxy) is 1. The Balaban J connectivity index is 2.34. The molecule has 0 fully saturated rings. The average Bonchev–Trinajstić information content (AvgIpc) is 2.39. The third-order valence-electron chi connectivity index (χ3n) is 2.32. The molecule has 0 saturated heterocycles. The molecule has 82 valence electrons. The van der Waals surface area contributed by atoms with E-state index in [4.69, 9.17) is 10.5 Å². The first kappa shape index (κ1) is 10.6. The van der Waals surface area contributed by atoms with Gasteiger partial charge in [-0.25, -0.2) is 9.97 Å². The van der Waals surface area contributed by atoms with Gasteiger partial charge >= 0.3 is 0 Å². The lowest BCUT2D eigenvalue weighted by Crippen LogP contribution is -2.00. The highest BCUT2D eigenvalue weighted by atomic mass is 16.5. The molecule has 1 heterocycles. The van der Waals surface area contributed by atoms with Crippen molar-refractivity contribution in [2.75, 3.05) is 7.11 Å². The first-order valence-corrected chi connectivity index (χ1v) is 4.99. The first-order valence-electron chi connectivity index (χ1n) is 4.99. The van der Waals surface area contributed by atoms with Crippen molar-refractivity contribution in [1.82, 2.24) is 9.97 Å². The SMILES string of the molecule is COc1ccc(-c2cc(CN)ncn2)cc1. The summed E-state index contributed by atoms with van der Waals surface area (Å²) in [5.41, 5.74) is 8.27. The molecule has 4 heteroatoms. The first-order chi connectivity index (χ1) is 7.83. The maximum atomic E-state index is 5.53. The van der Waals surface area contributed by atoms with Crippen LogP contribution in [-0.2, 0) is 6.54 Å². The maximum Gasteiger partial charge on any atom is 0.118 e. The zero-order chi connectivity index (χ0) is 11.4. The highest BCUT2D eigenvalue weighted by Crippen LogP contribution is 2.20. The van der Waals surface area contributed by atoms with Gasteiger partial charge in [-0.3, -0.25) is 0 Å². The Hall–Kier alpha value is -1.94. The highest BCUT2D eigenvalue weighted by molar-refractivity contribution is 5.60. The number of aromatic nitrogens is 2. The molecule has 0 spiro atoms. The summed E-state index contributed by atoms with van der Waals surface area (Å²) >= 11 is 0. The number of rotatable bonds is 3. The van der Waals surface area contributed by atoms with Crippen LogP contribution in [0, 0.1) is 0 Å². The monoisotopic (exact) mass is 215 g/mol. The molecule has 0 unspecified atom stereocenters. The van der Waals surface area contributed by atoms with E-state index in [9.17, 15) is 0 Å². The Labute approximate surface area is 94.1 Å². The van der Waals surface area contributed by atoms with E-state index in [0.29, 0.717) is 6.54 Å². The van der Waals surface area contributed by atoms with Crippen LogP contribution in [0.3, 0.4) is 0 Å². The Morgan fingerprint density at radius 3 is 2.56 bits per heavy atom. The molecule has 0 aliphatic rings. The fourth-order valence-electron chi connectivity index (χ4n) is 1.43. The lowest BCUT2D eigenvalue weighted by Gasteiger charge is -2.03. The lowest BCUT2D eigenvalue weighted by molar-refractivity contribution is 0.415. The quantitative estimate of drug-likeness (QED) is 0.845. The van der Waals surface area contributed by atoms with E-state index < -0.39 is 0 Å². The van der Waals surface area contributed by atoms with Gasteiger partial charge in [0.15, 0.2) is 0 Å². The lowest BCUT2D eigenvalue weighted by atomic mass is 10.1. The molecule has 2 N–H and O–H groups in total. The van der Waals surface area contributed by atoms with Crippen molar-refractivity contribution in [3.8, 4) is 17.0 Å². The van der Waals surface area contributed by atoms with Crippen LogP contribution in [0.4, 0.5) is 0 Å². The van der Waals surface area contributed by atoms with Crippen molar-refractivity contribution in [3.63, 3.8) is 0 Å². The summed E-state index contributed by atoms with van der Waals surface area (Å²) in [5, 5.41) is 0. The smallest absolute Gasteiger partial charge is 0.118 e. The van der Waals surface area contributed by atoms with Gasteiger partial charge in [-0.2, -0.15) is 0 Å². The number of hydrogen-bond donors (Lipinski definition) is 1. The zero-order valence-corrected chi connectivity index (χ0v) is 9.05. The highest BCUT2D eigenvalue weighted by Gasteiger charge is 2.01. The van der Waals surface area contributed by atoms with Crippen LogP contribution in [0.15, 0.2) is 36.7 Å². The van der Waals surface area contributed by atoms with Gasteiger partial charge in [0.05, 0.1) is 18.5 Å². The standard InChI is InChI=1S/C12H13N3O/c1-16-11-4-2-9(3-5-11)12-6-10(7-13)14-8-15-12/h2-6,8H,7,13H2,1H3. The second kappa shape index (κ2) is 4.72. The van der Waals surface area contributed by atoms with E-state index in [1.807, 2.05) is 30.3 Å². The van der Waals surface area contributed by atoms with Crippen LogP contribution in [-0.4, -0.2) is 17.1 Å². The Bertz CT molecular complexity index is 468. The maximum absolute atomic E-state index is 5.53. The Kier molecular flexibility index (Phi) is 3.12. The number of hydrogen-bond acceptors (Lipinski definition) is 4. The van der Waals surface area contributed by atoms with Gasteiger partial charge in [0.1, 0.15) is 12.1 Å². The zero-order valence-electron chi connectivity index (χ0n) is 9.05. The number of methoxy groups -OCH3 is 1. The molecule has 2 aromatic rings. The second-order valence-electron chi connectivity index (χ2n) is 3.33. The van der Waals surface area contributed by atoms with Gasteiger partial charge in [0.2, 0.25) is 0 Å². The molecule has 2 rings (SSSR count). The van der Waals surface area contributed by atoms with E-state index in [1.54, 1.807) is 7.11 Å². The van der Waals surface area contributed by atoms with E-state index >= 15 is 0 Å². The molecule has 0 radical (unpaired) electrons. The normalized spacial score (nSPS) is 10.1. The summed E-state index contributed by atoms with van der Waals surface area (Å²) in [6, 6.07) is 9.61. The summed E-state index contributed by atoms with van der Waals surface area (Å²) in [5.74, 6) is 0.830. The summed E-state index contributed by atoms with van der Waals surface area (Å²) < 4.78 is 5.10. The van der Waals surface area contributed by atoms with Crippen molar-refractivity contribution in [2.24, 2.45) is 5.73 Å². The molecule has 1 aromatic heterocycles. The molecule has 0 aliphatic heterocycles. The van der Waals surface area contributed by atoms with E-state index in [0.717, 1.165) is 22.7 Å². The second-order valence-corrected chi connectivity index (χ2v) is 3.33. The van der Waals surface area contributed by atoms with Crippen LogP contribution in [0.2, 0.25) is 0 Å². The van der Waals surface area contributed by atoms with Gasteiger partial charge < -0.3 is 10.5 Å². The predicted octanol–water partition coefficient (Wildman–Crippen LogP) is 1.61. The number of nitrogens with two attached hydrogens (primary N) is 1. The number of benzene rings is 1. The van der Waals surface area contributed by atoms with Gasteiger partial charge in [0, 0.05) is 12.1 Å². The van der Waals surface area contributed by atoms with Gasteiger partial charge in [-0.05, 0) is 30.3 Å². The van der Waals surface area contributed by atoms with Crippen LogP contribution >= 0.6 is 0 Å². The van der Waals surface area contributed by atoms with E-state index in [-0.39, 0.29) is 0 Å².